The van der Waals surface area contributed by atoms with Crippen LogP contribution in [0.4, 0.5) is 0 Å². The third-order valence-corrected chi connectivity index (χ3v) is 2.68. The van der Waals surface area contributed by atoms with Crippen LogP contribution in [0.5, 0.6) is 0 Å². The summed E-state index contributed by atoms with van der Waals surface area (Å²) >= 11 is 0. The van der Waals surface area contributed by atoms with E-state index in [1.807, 2.05) is 27.7 Å². The summed E-state index contributed by atoms with van der Waals surface area (Å²) in [4.78, 5) is 23.5. The minimum atomic E-state index is -0.492. The number of aryl methyl sites for hydroxylation is 1. The van der Waals surface area contributed by atoms with Gasteiger partial charge in [-0.25, -0.2) is 0 Å². The molecule has 0 saturated carbocycles. The van der Waals surface area contributed by atoms with E-state index in [1.165, 1.54) is 0 Å². The van der Waals surface area contributed by atoms with Gasteiger partial charge in [0.05, 0.1) is 0 Å². The Morgan fingerprint density at radius 2 is 1.83 bits per heavy atom. The molecule has 1 rings (SSSR count). The van der Waals surface area contributed by atoms with Gasteiger partial charge in [0.1, 0.15) is 0 Å². The van der Waals surface area contributed by atoms with Crippen molar-refractivity contribution >= 4 is 11.8 Å². The highest BCUT2D eigenvalue weighted by atomic mass is 16.2. The van der Waals surface area contributed by atoms with Gasteiger partial charge in [0.2, 0.25) is 5.91 Å². The third-order valence-electron chi connectivity index (χ3n) is 2.68. The van der Waals surface area contributed by atoms with Gasteiger partial charge < -0.3 is 11.1 Å². The summed E-state index contributed by atoms with van der Waals surface area (Å²) in [6.45, 7) is 7.55. The molecule has 0 aromatic heterocycles. The maximum atomic E-state index is 12.1. The van der Waals surface area contributed by atoms with Gasteiger partial charge in [-0.3, -0.25) is 9.59 Å². The fraction of sp³-hybridized carbons (Fsp3) is 0.429. The number of carbonyl (C=O) groups is 2. The first-order valence-corrected chi connectivity index (χ1v) is 6.11. The maximum Gasteiger partial charge on any atom is 0.251 e. The topological polar surface area (TPSA) is 72.2 Å². The van der Waals surface area contributed by atoms with Crippen LogP contribution in [0.1, 0.15) is 52.6 Å². The molecule has 0 radical (unpaired) electrons. The molecule has 0 unspecified atom stereocenters. The van der Waals surface area contributed by atoms with Crippen molar-refractivity contribution in [2.45, 2.75) is 40.2 Å². The third kappa shape index (κ3) is 3.09. The fourth-order valence-electron chi connectivity index (χ4n) is 1.96. The van der Waals surface area contributed by atoms with Crippen molar-refractivity contribution in [3.05, 3.63) is 34.4 Å². The van der Waals surface area contributed by atoms with Gasteiger partial charge in [-0.1, -0.05) is 6.92 Å². The van der Waals surface area contributed by atoms with Crippen molar-refractivity contribution < 1.29 is 9.59 Å². The van der Waals surface area contributed by atoms with E-state index in [9.17, 15) is 9.59 Å². The number of hydrogen-bond acceptors (Lipinski definition) is 2. The summed E-state index contributed by atoms with van der Waals surface area (Å²) in [6, 6.07) is 3.58. The van der Waals surface area contributed by atoms with Gasteiger partial charge in [-0.2, -0.15) is 0 Å². The zero-order valence-corrected chi connectivity index (χ0v) is 11.3. The first-order chi connectivity index (χ1) is 8.36. The standard InChI is InChI=1S/C14H20N2O2/c1-5-10-11(13(15)17)6-9(4)7-12(10)14(18)16-8(2)3/h6-8H,5H2,1-4H3,(H2,15,17)(H,16,18). The Balaban J connectivity index is 3.34. The van der Waals surface area contributed by atoms with Crippen molar-refractivity contribution in [2.24, 2.45) is 5.73 Å². The molecule has 0 aliphatic carbocycles. The van der Waals surface area contributed by atoms with Gasteiger partial charge >= 0.3 is 0 Å². The summed E-state index contributed by atoms with van der Waals surface area (Å²) in [6.07, 6.45) is 0.597. The zero-order chi connectivity index (χ0) is 13.9. The largest absolute Gasteiger partial charge is 0.366 e. The average molecular weight is 248 g/mol. The lowest BCUT2D eigenvalue weighted by Crippen LogP contribution is -2.31. The number of carbonyl (C=O) groups excluding carboxylic acids is 2. The van der Waals surface area contributed by atoms with Gasteiger partial charge in [-0.05, 0) is 50.5 Å². The van der Waals surface area contributed by atoms with Crippen molar-refractivity contribution in [3.63, 3.8) is 0 Å². The van der Waals surface area contributed by atoms with Crippen LogP contribution >= 0.6 is 0 Å². The van der Waals surface area contributed by atoms with Gasteiger partial charge in [0.25, 0.3) is 5.91 Å². The predicted octanol–water partition coefficient (Wildman–Crippen LogP) is 1.79. The Hall–Kier alpha value is -1.84. The summed E-state index contributed by atoms with van der Waals surface area (Å²) in [5, 5.41) is 2.84. The molecule has 0 spiro atoms. The normalized spacial score (nSPS) is 10.5. The maximum absolute atomic E-state index is 12.1. The number of hydrogen-bond donors (Lipinski definition) is 2. The summed E-state index contributed by atoms with van der Waals surface area (Å²) < 4.78 is 0. The molecule has 4 nitrogen and oxygen atoms in total. The number of nitrogens with one attached hydrogen (secondary N) is 1. The number of primary amides is 1. The van der Waals surface area contributed by atoms with E-state index in [0.29, 0.717) is 23.1 Å². The molecule has 0 bridgehead atoms. The minimum absolute atomic E-state index is 0.0553. The predicted molar refractivity (Wildman–Crippen MR) is 71.7 cm³/mol. The highest BCUT2D eigenvalue weighted by molar-refractivity contribution is 6.02. The average Bonchev–Trinajstić information content (AvgIpc) is 2.26. The summed E-state index contributed by atoms with van der Waals surface area (Å²) in [5.41, 5.74) is 7.91. The van der Waals surface area contributed by atoms with E-state index >= 15 is 0 Å². The first-order valence-electron chi connectivity index (χ1n) is 6.11. The zero-order valence-electron chi connectivity index (χ0n) is 11.3. The fourth-order valence-corrected chi connectivity index (χ4v) is 1.96. The first kappa shape index (κ1) is 14.2. The van der Waals surface area contributed by atoms with E-state index in [2.05, 4.69) is 5.32 Å². The number of nitrogens with two attached hydrogens (primary N) is 1. The Labute approximate surface area is 108 Å². The van der Waals surface area contributed by atoms with E-state index in [1.54, 1.807) is 12.1 Å². The van der Waals surface area contributed by atoms with Crippen LogP contribution in [0.25, 0.3) is 0 Å². The molecule has 1 aromatic carbocycles. The Bertz CT molecular complexity index is 479. The molecular formula is C14H20N2O2. The van der Waals surface area contributed by atoms with Crippen LogP contribution in [0, 0.1) is 6.92 Å². The molecule has 98 valence electrons. The van der Waals surface area contributed by atoms with Crippen LogP contribution < -0.4 is 11.1 Å². The van der Waals surface area contributed by atoms with Crippen molar-refractivity contribution in [1.82, 2.24) is 5.32 Å². The van der Waals surface area contributed by atoms with Crippen LogP contribution in [0.2, 0.25) is 0 Å². The lowest BCUT2D eigenvalue weighted by molar-refractivity contribution is 0.0942. The van der Waals surface area contributed by atoms with E-state index in [-0.39, 0.29) is 11.9 Å². The quantitative estimate of drug-likeness (QED) is 0.852. The monoisotopic (exact) mass is 248 g/mol. The van der Waals surface area contributed by atoms with Crippen LogP contribution in [-0.2, 0) is 6.42 Å². The van der Waals surface area contributed by atoms with Crippen molar-refractivity contribution in [1.29, 1.82) is 0 Å². The Morgan fingerprint density at radius 1 is 1.28 bits per heavy atom. The Kier molecular flexibility index (Phi) is 4.48. The summed E-state index contributed by atoms with van der Waals surface area (Å²) in [5.74, 6) is -0.651. The van der Waals surface area contributed by atoms with Crippen LogP contribution in [0.3, 0.4) is 0 Å². The smallest absolute Gasteiger partial charge is 0.251 e. The van der Waals surface area contributed by atoms with E-state index in [4.69, 9.17) is 5.73 Å². The number of amides is 2. The minimum Gasteiger partial charge on any atom is -0.366 e. The molecule has 2 amide bonds. The molecule has 0 fully saturated rings. The molecule has 0 aliphatic rings. The molecule has 3 N–H and O–H groups in total. The van der Waals surface area contributed by atoms with Crippen molar-refractivity contribution in [3.8, 4) is 0 Å². The van der Waals surface area contributed by atoms with Gasteiger partial charge in [0.15, 0.2) is 0 Å². The van der Waals surface area contributed by atoms with Gasteiger partial charge in [-0.15, -0.1) is 0 Å². The summed E-state index contributed by atoms with van der Waals surface area (Å²) in [7, 11) is 0. The van der Waals surface area contributed by atoms with Crippen LogP contribution in [-0.4, -0.2) is 17.9 Å². The number of benzene rings is 1. The second-order valence-corrected chi connectivity index (χ2v) is 4.68. The molecule has 4 heteroatoms. The van der Waals surface area contributed by atoms with Crippen molar-refractivity contribution in [2.75, 3.05) is 0 Å². The lowest BCUT2D eigenvalue weighted by atomic mass is 9.95. The Morgan fingerprint density at radius 3 is 2.28 bits per heavy atom. The highest BCUT2D eigenvalue weighted by Crippen LogP contribution is 2.18. The molecule has 0 atom stereocenters. The molecular weight excluding hydrogens is 228 g/mol. The molecule has 0 heterocycles. The second-order valence-electron chi connectivity index (χ2n) is 4.68. The van der Waals surface area contributed by atoms with E-state index in [0.717, 1.165) is 5.56 Å². The van der Waals surface area contributed by atoms with Crippen LogP contribution in [0.15, 0.2) is 12.1 Å². The number of rotatable bonds is 4. The SMILES string of the molecule is CCc1c(C(N)=O)cc(C)cc1C(=O)NC(C)C. The highest BCUT2D eigenvalue weighted by Gasteiger charge is 2.17. The second kappa shape index (κ2) is 5.67. The molecule has 1 aromatic rings. The molecule has 0 saturated heterocycles. The molecule has 0 aliphatic heterocycles. The van der Waals surface area contributed by atoms with Gasteiger partial charge in [0, 0.05) is 17.2 Å². The lowest BCUT2D eigenvalue weighted by Gasteiger charge is -2.15. The molecule has 18 heavy (non-hydrogen) atoms. The van der Waals surface area contributed by atoms with E-state index < -0.39 is 5.91 Å².